The summed E-state index contributed by atoms with van der Waals surface area (Å²) in [6.45, 7) is 0.149. The van der Waals surface area contributed by atoms with E-state index in [0.29, 0.717) is 32.8 Å². The van der Waals surface area contributed by atoms with Gasteiger partial charge in [-0.2, -0.15) is 0 Å². The van der Waals surface area contributed by atoms with Crippen LogP contribution in [0.5, 0.6) is 11.5 Å². The molecule has 2 aromatic carbocycles. The third-order valence-corrected chi connectivity index (χ3v) is 4.04. The first kappa shape index (κ1) is 16.6. The summed E-state index contributed by atoms with van der Waals surface area (Å²) in [4.78, 5) is 12.1. The Hall–Kier alpha value is -2.22. The lowest BCUT2D eigenvalue weighted by Gasteiger charge is -2.12. The standard InChI is InChI=1S/C15H11Cl2N3O3S/c16-10-3-2-9(6-11(10)17)18-15(24)20-19-14(21)8-1-4-12-13(5-8)23-7-22-12/h1-6H,7H2,(H,19,21)(H2,18,20,24). The fourth-order valence-electron chi connectivity index (χ4n) is 1.96. The molecule has 3 rings (SSSR count). The lowest BCUT2D eigenvalue weighted by atomic mass is 10.2. The molecular formula is C15H11Cl2N3O3S. The Morgan fingerprint density at radius 1 is 1.00 bits per heavy atom. The third-order valence-electron chi connectivity index (χ3n) is 3.10. The Balaban J connectivity index is 1.55. The number of hydrogen-bond donors (Lipinski definition) is 3. The van der Waals surface area contributed by atoms with Crippen molar-refractivity contribution in [1.29, 1.82) is 0 Å². The number of carbonyl (C=O) groups excluding carboxylic acids is 1. The Morgan fingerprint density at radius 3 is 2.58 bits per heavy atom. The first-order valence-corrected chi connectivity index (χ1v) is 7.91. The number of fused-ring (bicyclic) bond motifs is 1. The van der Waals surface area contributed by atoms with Gasteiger partial charge in [-0.1, -0.05) is 23.2 Å². The maximum Gasteiger partial charge on any atom is 0.269 e. The molecule has 1 heterocycles. The minimum absolute atomic E-state index is 0.149. The van der Waals surface area contributed by atoms with Gasteiger partial charge in [-0.3, -0.25) is 15.6 Å². The van der Waals surface area contributed by atoms with Crippen LogP contribution in [0.1, 0.15) is 10.4 Å². The fourth-order valence-corrected chi connectivity index (χ4v) is 2.43. The predicted molar refractivity (Wildman–Crippen MR) is 95.8 cm³/mol. The van der Waals surface area contributed by atoms with E-state index in [9.17, 15) is 4.79 Å². The molecule has 0 fully saturated rings. The number of hydrazine groups is 1. The van der Waals surface area contributed by atoms with Crippen molar-refractivity contribution < 1.29 is 14.3 Å². The highest BCUT2D eigenvalue weighted by atomic mass is 35.5. The molecule has 124 valence electrons. The molecule has 1 amide bonds. The van der Waals surface area contributed by atoms with Crippen LogP contribution in [0.2, 0.25) is 10.0 Å². The number of hydrogen-bond acceptors (Lipinski definition) is 4. The van der Waals surface area contributed by atoms with Crippen LogP contribution in [-0.2, 0) is 0 Å². The van der Waals surface area contributed by atoms with Crippen molar-refractivity contribution in [2.24, 2.45) is 0 Å². The number of carbonyl (C=O) groups is 1. The van der Waals surface area contributed by atoms with Gasteiger partial charge in [0.1, 0.15) is 0 Å². The highest BCUT2D eigenvalue weighted by Gasteiger charge is 2.16. The van der Waals surface area contributed by atoms with Crippen LogP contribution in [0.15, 0.2) is 36.4 Å². The Kier molecular flexibility index (Phi) is 4.94. The van der Waals surface area contributed by atoms with Gasteiger partial charge >= 0.3 is 0 Å². The van der Waals surface area contributed by atoms with Crippen LogP contribution in [0.4, 0.5) is 5.69 Å². The quantitative estimate of drug-likeness (QED) is 0.545. The SMILES string of the molecule is O=C(NNC(=S)Nc1ccc(Cl)c(Cl)c1)c1ccc2c(c1)OCO2. The highest BCUT2D eigenvalue weighted by Crippen LogP contribution is 2.32. The number of nitrogens with one attached hydrogen (secondary N) is 3. The van der Waals surface area contributed by atoms with E-state index in [1.54, 1.807) is 36.4 Å². The summed E-state index contributed by atoms with van der Waals surface area (Å²) in [6.07, 6.45) is 0. The van der Waals surface area contributed by atoms with E-state index in [0.717, 1.165) is 0 Å². The molecule has 9 heteroatoms. The third kappa shape index (κ3) is 3.81. The van der Waals surface area contributed by atoms with Crippen LogP contribution in [0.25, 0.3) is 0 Å². The molecule has 0 aliphatic carbocycles. The predicted octanol–water partition coefficient (Wildman–Crippen LogP) is 3.35. The summed E-state index contributed by atoms with van der Waals surface area (Å²) in [5.41, 5.74) is 6.14. The maximum atomic E-state index is 12.1. The number of thiocarbonyl (C=S) groups is 1. The maximum absolute atomic E-state index is 12.1. The Bertz CT molecular complexity index is 817. The van der Waals surface area contributed by atoms with Gasteiger partial charge in [0.05, 0.1) is 10.0 Å². The first-order valence-electron chi connectivity index (χ1n) is 6.75. The highest BCUT2D eigenvalue weighted by molar-refractivity contribution is 7.80. The minimum atomic E-state index is -0.369. The fraction of sp³-hybridized carbons (Fsp3) is 0.0667. The molecule has 0 saturated heterocycles. The molecule has 0 radical (unpaired) electrons. The van der Waals surface area contributed by atoms with Gasteiger partial charge in [0.15, 0.2) is 16.6 Å². The molecule has 0 saturated carbocycles. The normalized spacial score (nSPS) is 11.8. The zero-order valence-electron chi connectivity index (χ0n) is 12.1. The summed E-state index contributed by atoms with van der Waals surface area (Å²) < 4.78 is 10.4. The number of anilines is 1. The largest absolute Gasteiger partial charge is 0.454 e. The van der Waals surface area contributed by atoms with Crippen LogP contribution in [0.3, 0.4) is 0 Å². The van der Waals surface area contributed by atoms with Crippen molar-refractivity contribution in [1.82, 2.24) is 10.9 Å². The van der Waals surface area contributed by atoms with Crippen LogP contribution < -0.4 is 25.6 Å². The van der Waals surface area contributed by atoms with Gasteiger partial charge in [0.2, 0.25) is 6.79 Å². The molecule has 1 aliphatic rings. The minimum Gasteiger partial charge on any atom is -0.454 e. The van der Waals surface area contributed by atoms with Crippen molar-refractivity contribution in [3.05, 3.63) is 52.0 Å². The summed E-state index contributed by atoms with van der Waals surface area (Å²) in [7, 11) is 0. The number of ether oxygens (including phenoxy) is 2. The number of amides is 1. The average Bonchev–Trinajstić information content (AvgIpc) is 3.03. The molecule has 0 aromatic heterocycles. The molecule has 2 aromatic rings. The van der Waals surface area contributed by atoms with Crippen LogP contribution in [0, 0.1) is 0 Å². The van der Waals surface area contributed by atoms with Crippen LogP contribution in [-0.4, -0.2) is 17.8 Å². The second kappa shape index (κ2) is 7.12. The molecule has 0 atom stereocenters. The topological polar surface area (TPSA) is 71.6 Å². The molecule has 6 nitrogen and oxygen atoms in total. The van der Waals surface area contributed by atoms with Crippen LogP contribution >= 0.6 is 35.4 Å². The number of halogens is 2. The van der Waals surface area contributed by atoms with Gasteiger partial charge in [0, 0.05) is 11.3 Å². The van der Waals surface area contributed by atoms with Crippen molar-refractivity contribution in [3.63, 3.8) is 0 Å². The van der Waals surface area contributed by atoms with E-state index in [2.05, 4.69) is 16.2 Å². The average molecular weight is 384 g/mol. The number of benzene rings is 2. The molecule has 0 bridgehead atoms. The van der Waals surface area contributed by atoms with Crippen molar-refractivity contribution in [2.75, 3.05) is 12.1 Å². The lowest BCUT2D eigenvalue weighted by molar-refractivity contribution is 0.0943. The van der Waals surface area contributed by atoms with Gasteiger partial charge in [0.25, 0.3) is 5.91 Å². The van der Waals surface area contributed by atoms with E-state index < -0.39 is 0 Å². The van der Waals surface area contributed by atoms with E-state index in [-0.39, 0.29) is 17.8 Å². The lowest BCUT2D eigenvalue weighted by Crippen LogP contribution is -2.43. The molecule has 1 aliphatic heterocycles. The van der Waals surface area contributed by atoms with Crippen molar-refractivity contribution in [2.45, 2.75) is 0 Å². The zero-order valence-corrected chi connectivity index (χ0v) is 14.4. The molecule has 0 spiro atoms. The summed E-state index contributed by atoms with van der Waals surface area (Å²) in [6, 6.07) is 9.86. The molecule has 0 unspecified atom stereocenters. The molecular weight excluding hydrogens is 373 g/mol. The van der Waals surface area contributed by atoms with Gasteiger partial charge in [-0.25, -0.2) is 0 Å². The summed E-state index contributed by atoms with van der Waals surface area (Å²) >= 11 is 16.9. The second-order valence-electron chi connectivity index (χ2n) is 4.73. The smallest absolute Gasteiger partial charge is 0.269 e. The van der Waals surface area contributed by atoms with E-state index in [1.807, 2.05) is 0 Å². The summed E-state index contributed by atoms with van der Waals surface area (Å²) in [5, 5.41) is 3.91. The Morgan fingerprint density at radius 2 is 1.79 bits per heavy atom. The van der Waals surface area contributed by atoms with E-state index in [4.69, 9.17) is 44.9 Å². The van der Waals surface area contributed by atoms with E-state index in [1.165, 1.54) is 0 Å². The molecule has 24 heavy (non-hydrogen) atoms. The van der Waals surface area contributed by atoms with Gasteiger partial charge in [-0.05, 0) is 48.6 Å². The summed E-state index contributed by atoms with van der Waals surface area (Å²) in [5.74, 6) is 0.766. The first-order chi connectivity index (χ1) is 11.5. The monoisotopic (exact) mass is 383 g/mol. The van der Waals surface area contributed by atoms with Gasteiger partial charge < -0.3 is 14.8 Å². The zero-order chi connectivity index (χ0) is 17.1. The second-order valence-corrected chi connectivity index (χ2v) is 5.95. The van der Waals surface area contributed by atoms with Gasteiger partial charge in [-0.15, -0.1) is 0 Å². The van der Waals surface area contributed by atoms with E-state index >= 15 is 0 Å². The molecule has 3 N–H and O–H groups in total. The van der Waals surface area contributed by atoms with Crippen molar-refractivity contribution >= 4 is 52.1 Å². The van der Waals surface area contributed by atoms with Crippen molar-refractivity contribution in [3.8, 4) is 11.5 Å². The number of rotatable bonds is 2. The Labute approximate surface area is 153 Å².